The fourth-order valence-electron chi connectivity index (χ4n) is 1.49. The van der Waals surface area contributed by atoms with Gasteiger partial charge in [-0.3, -0.25) is 14.4 Å². The lowest BCUT2D eigenvalue weighted by atomic mass is 10.2. The molecule has 0 aliphatic carbocycles. The van der Waals surface area contributed by atoms with E-state index in [9.17, 15) is 14.4 Å². The summed E-state index contributed by atoms with van der Waals surface area (Å²) in [4.78, 5) is 37.8. The Balaban J connectivity index is 3.05. The largest absolute Gasteiger partial charge is 0.480 e. The van der Waals surface area contributed by atoms with Gasteiger partial charge >= 0.3 is 11.9 Å². The lowest BCUT2D eigenvalue weighted by Gasteiger charge is -2.18. The molecule has 0 unspecified atom stereocenters. The van der Waals surface area contributed by atoms with Gasteiger partial charge in [-0.25, -0.2) is 4.98 Å². The van der Waals surface area contributed by atoms with Crippen molar-refractivity contribution in [2.24, 2.45) is 0 Å². The van der Waals surface area contributed by atoms with Crippen LogP contribution in [0.3, 0.4) is 0 Å². The molecule has 0 saturated carbocycles. The summed E-state index contributed by atoms with van der Waals surface area (Å²) in [5.74, 6) is -3.47. The van der Waals surface area contributed by atoms with Crippen LogP contribution in [0.2, 0.25) is 0 Å². The maximum Gasteiger partial charge on any atom is 0.323 e. The van der Waals surface area contributed by atoms with Crippen LogP contribution in [0.4, 0.5) is 0 Å². The number of carboxylic acid groups (broad SMARTS) is 2. The number of pyridine rings is 1. The minimum atomic E-state index is -1.33. The molecule has 1 aromatic rings. The number of aliphatic carboxylic acids is 2. The quantitative estimate of drug-likeness (QED) is 0.766. The first-order valence-electron chi connectivity index (χ1n) is 5.45. The number of hydrogen-bond acceptors (Lipinski definition) is 5. The highest BCUT2D eigenvalue weighted by Gasteiger charge is 2.22. The lowest BCUT2D eigenvalue weighted by molar-refractivity contribution is -0.140. The molecule has 0 aromatic carbocycles. The van der Waals surface area contributed by atoms with Crippen LogP contribution in [0.5, 0.6) is 0 Å². The summed E-state index contributed by atoms with van der Waals surface area (Å²) in [5, 5.41) is 26.1. The molecule has 8 heteroatoms. The Morgan fingerprint density at radius 2 is 1.80 bits per heavy atom. The molecule has 20 heavy (non-hydrogen) atoms. The summed E-state index contributed by atoms with van der Waals surface area (Å²) >= 11 is 0. The number of nitrogens with zero attached hydrogens (tertiary/aromatic N) is 3. The number of aryl methyl sites for hydroxylation is 1. The number of nitriles is 1. The SMILES string of the molecule is Cc1nc(C(=O)N(CC(=O)O)CC(=O)O)ccc1C#N. The average Bonchev–Trinajstić information content (AvgIpc) is 2.35. The second-order valence-electron chi connectivity index (χ2n) is 3.89. The molecule has 104 valence electrons. The average molecular weight is 277 g/mol. The van der Waals surface area contributed by atoms with E-state index in [2.05, 4.69) is 4.98 Å². The minimum Gasteiger partial charge on any atom is -0.480 e. The summed E-state index contributed by atoms with van der Waals surface area (Å²) in [6.45, 7) is 0.0335. The standard InChI is InChI=1S/C12H11N3O5/c1-7-8(4-13)2-3-9(14-7)12(20)15(5-10(16)17)6-11(18)19/h2-3H,5-6H2,1H3,(H,16,17)(H,18,19). The number of hydrogen-bond donors (Lipinski definition) is 2. The van der Waals surface area contributed by atoms with Gasteiger partial charge in [0.15, 0.2) is 0 Å². The van der Waals surface area contributed by atoms with Gasteiger partial charge in [0.1, 0.15) is 24.9 Å². The van der Waals surface area contributed by atoms with Crippen molar-refractivity contribution in [3.8, 4) is 6.07 Å². The van der Waals surface area contributed by atoms with Gasteiger partial charge in [0.2, 0.25) is 0 Å². The van der Waals surface area contributed by atoms with Crippen LogP contribution in [0, 0.1) is 18.3 Å². The second kappa shape index (κ2) is 6.29. The predicted octanol–water partition coefficient (Wildman–Crippen LogP) is -0.127. The van der Waals surface area contributed by atoms with Gasteiger partial charge in [-0.2, -0.15) is 5.26 Å². The number of aromatic nitrogens is 1. The molecule has 2 N–H and O–H groups in total. The predicted molar refractivity (Wildman–Crippen MR) is 64.9 cm³/mol. The van der Waals surface area contributed by atoms with Crippen molar-refractivity contribution in [2.75, 3.05) is 13.1 Å². The van der Waals surface area contributed by atoms with Gasteiger partial charge < -0.3 is 15.1 Å². The van der Waals surface area contributed by atoms with Crippen molar-refractivity contribution in [3.63, 3.8) is 0 Å². The zero-order chi connectivity index (χ0) is 15.3. The van der Waals surface area contributed by atoms with Gasteiger partial charge in [-0.05, 0) is 19.1 Å². The molecule has 0 saturated heterocycles. The second-order valence-corrected chi connectivity index (χ2v) is 3.89. The first kappa shape index (κ1) is 15.1. The molecule has 0 bridgehead atoms. The number of carbonyl (C=O) groups excluding carboxylic acids is 1. The first-order valence-corrected chi connectivity index (χ1v) is 5.45. The van der Waals surface area contributed by atoms with Gasteiger partial charge in [-0.15, -0.1) is 0 Å². The van der Waals surface area contributed by atoms with Crippen LogP contribution < -0.4 is 0 Å². The summed E-state index contributed by atoms with van der Waals surface area (Å²) in [7, 11) is 0. The summed E-state index contributed by atoms with van der Waals surface area (Å²) in [6, 6.07) is 4.50. The van der Waals surface area contributed by atoms with Crippen LogP contribution in [-0.2, 0) is 9.59 Å². The third-order valence-corrected chi connectivity index (χ3v) is 2.36. The Bertz CT molecular complexity index is 590. The monoisotopic (exact) mass is 277 g/mol. The third kappa shape index (κ3) is 3.78. The van der Waals surface area contributed by atoms with Crippen LogP contribution in [0.25, 0.3) is 0 Å². The van der Waals surface area contributed by atoms with Crippen molar-refractivity contribution in [2.45, 2.75) is 6.92 Å². The molecule has 8 nitrogen and oxygen atoms in total. The molecule has 1 heterocycles. The molecule has 1 rings (SSSR count). The van der Waals surface area contributed by atoms with E-state index in [-0.39, 0.29) is 11.3 Å². The van der Waals surface area contributed by atoms with Crippen LogP contribution in [0.15, 0.2) is 12.1 Å². The maximum absolute atomic E-state index is 12.0. The number of rotatable bonds is 5. The molecule has 0 aliphatic rings. The number of carboxylic acids is 2. The van der Waals surface area contributed by atoms with Crippen molar-refractivity contribution < 1.29 is 24.6 Å². The van der Waals surface area contributed by atoms with Crippen molar-refractivity contribution in [3.05, 3.63) is 29.1 Å². The minimum absolute atomic E-state index is 0.107. The van der Waals surface area contributed by atoms with Crippen molar-refractivity contribution in [1.82, 2.24) is 9.88 Å². The Morgan fingerprint density at radius 1 is 1.25 bits per heavy atom. The highest BCUT2D eigenvalue weighted by Crippen LogP contribution is 2.08. The Labute approximate surface area is 113 Å². The van der Waals surface area contributed by atoms with E-state index < -0.39 is 30.9 Å². The van der Waals surface area contributed by atoms with E-state index in [0.717, 1.165) is 0 Å². The summed E-state index contributed by atoms with van der Waals surface area (Å²) in [6.07, 6.45) is 0. The van der Waals surface area contributed by atoms with Gasteiger partial charge in [-0.1, -0.05) is 0 Å². The van der Waals surface area contributed by atoms with E-state index in [0.29, 0.717) is 10.6 Å². The highest BCUT2D eigenvalue weighted by molar-refractivity contribution is 5.96. The fourth-order valence-corrected chi connectivity index (χ4v) is 1.49. The Morgan fingerprint density at radius 3 is 2.20 bits per heavy atom. The molecule has 0 fully saturated rings. The topological polar surface area (TPSA) is 132 Å². The zero-order valence-corrected chi connectivity index (χ0v) is 10.5. The molecular weight excluding hydrogens is 266 g/mol. The fraction of sp³-hybridized carbons (Fsp3) is 0.250. The smallest absolute Gasteiger partial charge is 0.323 e. The van der Waals surface area contributed by atoms with E-state index in [1.807, 2.05) is 6.07 Å². The Kier molecular flexibility index (Phi) is 4.75. The van der Waals surface area contributed by atoms with Gasteiger partial charge in [0.25, 0.3) is 5.91 Å². The van der Waals surface area contributed by atoms with Crippen molar-refractivity contribution in [1.29, 1.82) is 5.26 Å². The van der Waals surface area contributed by atoms with E-state index in [1.165, 1.54) is 19.1 Å². The zero-order valence-electron chi connectivity index (χ0n) is 10.5. The first-order chi connectivity index (χ1) is 9.35. The Hall–Kier alpha value is -2.95. The summed E-state index contributed by atoms with van der Waals surface area (Å²) in [5.41, 5.74) is 0.484. The van der Waals surface area contributed by atoms with Crippen LogP contribution in [-0.4, -0.2) is 51.0 Å². The molecule has 0 radical (unpaired) electrons. The van der Waals surface area contributed by atoms with Crippen LogP contribution >= 0.6 is 0 Å². The normalized spacial score (nSPS) is 9.60. The van der Waals surface area contributed by atoms with Crippen molar-refractivity contribution >= 4 is 17.8 Å². The molecular formula is C12H11N3O5. The molecule has 0 aliphatic heterocycles. The lowest BCUT2D eigenvalue weighted by Crippen LogP contribution is -2.39. The third-order valence-electron chi connectivity index (χ3n) is 2.36. The van der Waals surface area contributed by atoms with E-state index >= 15 is 0 Å². The molecule has 0 atom stereocenters. The summed E-state index contributed by atoms with van der Waals surface area (Å²) < 4.78 is 0. The number of carbonyl (C=O) groups is 3. The molecule has 1 amide bonds. The van der Waals surface area contributed by atoms with E-state index in [1.54, 1.807) is 0 Å². The maximum atomic E-state index is 12.0. The molecule has 1 aromatic heterocycles. The van der Waals surface area contributed by atoms with Gasteiger partial charge in [0, 0.05) is 0 Å². The van der Waals surface area contributed by atoms with Gasteiger partial charge in [0.05, 0.1) is 11.3 Å². The highest BCUT2D eigenvalue weighted by atomic mass is 16.4. The van der Waals surface area contributed by atoms with Crippen LogP contribution in [0.1, 0.15) is 21.7 Å². The number of amides is 1. The molecule has 0 spiro atoms. The van der Waals surface area contributed by atoms with E-state index in [4.69, 9.17) is 15.5 Å².